The van der Waals surface area contributed by atoms with Gasteiger partial charge in [0.2, 0.25) is 5.91 Å². The van der Waals surface area contributed by atoms with Gasteiger partial charge in [-0.25, -0.2) is 4.39 Å². The number of para-hydroxylation sites is 1. The lowest BCUT2D eigenvalue weighted by molar-refractivity contribution is -0.121. The van der Waals surface area contributed by atoms with E-state index >= 15 is 0 Å². The number of halogens is 1. The fraction of sp³-hybridized carbons (Fsp3) is 0.423. The number of carbonyl (C=O) groups excluding carboxylic acids is 1. The molecule has 0 radical (unpaired) electrons. The predicted molar refractivity (Wildman–Crippen MR) is 133 cm³/mol. The molecular formula is C26H30FN3O3S. The summed E-state index contributed by atoms with van der Waals surface area (Å²) in [4.78, 5) is 28.3. The molecule has 0 saturated carbocycles. The summed E-state index contributed by atoms with van der Waals surface area (Å²) >= 11 is 5.35. The highest BCUT2D eigenvalue weighted by Gasteiger charge is 2.35. The molecule has 8 heteroatoms. The normalized spacial score (nSPS) is 15.3. The summed E-state index contributed by atoms with van der Waals surface area (Å²) in [6, 6.07) is 14.0. The van der Waals surface area contributed by atoms with Crippen molar-refractivity contribution < 1.29 is 13.9 Å². The van der Waals surface area contributed by atoms with Crippen LogP contribution in [0.1, 0.15) is 44.1 Å². The van der Waals surface area contributed by atoms with Crippen LogP contribution in [-0.4, -0.2) is 35.2 Å². The van der Waals surface area contributed by atoms with E-state index in [4.69, 9.17) is 17.0 Å². The molecular weight excluding hydrogens is 453 g/mol. The highest BCUT2D eigenvalue weighted by molar-refractivity contribution is 7.71. The monoisotopic (exact) mass is 483 g/mol. The van der Waals surface area contributed by atoms with Crippen LogP contribution in [0.15, 0.2) is 53.3 Å². The van der Waals surface area contributed by atoms with Crippen LogP contribution in [0.3, 0.4) is 0 Å². The van der Waals surface area contributed by atoms with Crippen LogP contribution in [0.5, 0.6) is 0 Å². The van der Waals surface area contributed by atoms with Gasteiger partial charge in [0.15, 0.2) is 4.77 Å². The predicted octanol–water partition coefficient (Wildman–Crippen LogP) is 4.62. The van der Waals surface area contributed by atoms with E-state index < -0.39 is 0 Å². The molecule has 0 bridgehead atoms. The Bertz CT molecular complexity index is 1260. The Hall–Kier alpha value is -2.84. The van der Waals surface area contributed by atoms with Gasteiger partial charge in [-0.15, -0.1) is 0 Å². The van der Waals surface area contributed by atoms with Crippen LogP contribution in [0.2, 0.25) is 0 Å². The van der Waals surface area contributed by atoms with Crippen LogP contribution in [0, 0.1) is 10.6 Å². The van der Waals surface area contributed by atoms with Gasteiger partial charge in [0.05, 0.1) is 10.9 Å². The van der Waals surface area contributed by atoms with Crippen molar-refractivity contribution in [3.8, 4) is 0 Å². The van der Waals surface area contributed by atoms with Crippen LogP contribution in [0.25, 0.3) is 10.9 Å². The summed E-state index contributed by atoms with van der Waals surface area (Å²) in [5, 5.41) is 3.69. The second-order valence-corrected chi connectivity index (χ2v) is 9.31. The third kappa shape index (κ3) is 5.62. The maximum absolute atomic E-state index is 13.8. The molecule has 180 valence electrons. The molecule has 2 N–H and O–H groups in total. The number of rotatable bonds is 9. The molecule has 3 aromatic rings. The van der Waals surface area contributed by atoms with Crippen molar-refractivity contribution in [2.24, 2.45) is 0 Å². The minimum atomic E-state index is -0.302. The Morgan fingerprint density at radius 2 is 1.91 bits per heavy atom. The maximum atomic E-state index is 13.8. The van der Waals surface area contributed by atoms with E-state index in [-0.39, 0.29) is 22.7 Å². The first-order valence-electron chi connectivity index (χ1n) is 11.8. The average Bonchev–Trinajstić information content (AvgIpc) is 2.85. The van der Waals surface area contributed by atoms with Gasteiger partial charge in [0.1, 0.15) is 5.82 Å². The Labute approximate surface area is 203 Å². The van der Waals surface area contributed by atoms with Crippen LogP contribution in [-0.2, 0) is 21.5 Å². The standard InChI is InChI=1S/C26H30FN3O3S/c27-20-8-6-7-19(17-20)26(12-15-33-16-13-26)18-28-23(31)11-2-1-5-14-30-24(32)21-9-3-4-10-22(21)29-25(30)34/h3-4,6-10,17H,1-2,5,11-16,18H2,(H,28,31)(H,29,34). The van der Waals surface area contributed by atoms with Gasteiger partial charge in [-0.2, -0.15) is 0 Å². The molecule has 2 aromatic carbocycles. The number of aromatic amines is 1. The molecule has 0 spiro atoms. The summed E-state index contributed by atoms with van der Waals surface area (Å²) in [6.45, 7) is 2.19. The number of unbranched alkanes of at least 4 members (excludes halogenated alkanes) is 2. The summed E-state index contributed by atoms with van der Waals surface area (Å²) in [6.07, 6.45) is 4.20. The van der Waals surface area contributed by atoms with Gasteiger partial charge < -0.3 is 15.0 Å². The van der Waals surface area contributed by atoms with Crippen molar-refractivity contribution >= 4 is 29.0 Å². The summed E-state index contributed by atoms with van der Waals surface area (Å²) < 4.78 is 21.3. The Balaban J connectivity index is 1.26. The minimum absolute atomic E-state index is 0.0116. The zero-order chi connectivity index (χ0) is 24.0. The number of nitrogens with one attached hydrogen (secondary N) is 2. The number of nitrogens with zero attached hydrogens (tertiary/aromatic N) is 1. The summed E-state index contributed by atoms with van der Waals surface area (Å²) in [5.74, 6) is -0.275. The quantitative estimate of drug-likeness (QED) is 0.344. The molecule has 2 heterocycles. The number of carbonyl (C=O) groups is 1. The Morgan fingerprint density at radius 3 is 2.71 bits per heavy atom. The minimum Gasteiger partial charge on any atom is -0.381 e. The third-order valence-electron chi connectivity index (χ3n) is 6.69. The van der Waals surface area contributed by atoms with Gasteiger partial charge in [-0.05, 0) is 67.7 Å². The van der Waals surface area contributed by atoms with E-state index in [1.807, 2.05) is 24.3 Å². The Kier molecular flexibility index (Phi) is 7.90. The van der Waals surface area contributed by atoms with Crippen molar-refractivity contribution in [3.63, 3.8) is 0 Å². The second kappa shape index (κ2) is 11.1. The van der Waals surface area contributed by atoms with Gasteiger partial charge >= 0.3 is 0 Å². The second-order valence-electron chi connectivity index (χ2n) is 8.92. The topological polar surface area (TPSA) is 76.1 Å². The van der Waals surface area contributed by atoms with Crippen molar-refractivity contribution in [1.82, 2.24) is 14.9 Å². The largest absolute Gasteiger partial charge is 0.381 e. The third-order valence-corrected chi connectivity index (χ3v) is 7.01. The fourth-order valence-electron chi connectivity index (χ4n) is 4.64. The fourth-order valence-corrected chi connectivity index (χ4v) is 4.92. The lowest BCUT2D eigenvalue weighted by Gasteiger charge is -2.38. The number of benzene rings is 2. The zero-order valence-electron chi connectivity index (χ0n) is 19.1. The molecule has 6 nitrogen and oxygen atoms in total. The number of hydrogen-bond acceptors (Lipinski definition) is 4. The Morgan fingerprint density at radius 1 is 1.12 bits per heavy atom. The lowest BCUT2D eigenvalue weighted by Crippen LogP contribution is -2.44. The van der Waals surface area contributed by atoms with Crippen LogP contribution < -0.4 is 10.9 Å². The SMILES string of the molecule is O=C(CCCCCn1c(=S)[nH]c2ccccc2c1=O)NCC1(c2cccc(F)c2)CCOCC1. The van der Waals surface area contributed by atoms with E-state index in [2.05, 4.69) is 10.3 Å². The number of ether oxygens (including phenoxy) is 1. The van der Waals surface area contributed by atoms with E-state index in [1.165, 1.54) is 6.07 Å². The van der Waals surface area contributed by atoms with E-state index in [0.717, 1.165) is 43.2 Å². The van der Waals surface area contributed by atoms with E-state index in [9.17, 15) is 14.0 Å². The summed E-state index contributed by atoms with van der Waals surface area (Å²) in [5.41, 5.74) is 1.26. The highest BCUT2D eigenvalue weighted by atomic mass is 32.1. The van der Waals surface area contributed by atoms with Crippen molar-refractivity contribution in [3.05, 3.63) is 75.0 Å². The zero-order valence-corrected chi connectivity index (χ0v) is 20.0. The number of aromatic nitrogens is 2. The van der Waals surface area contributed by atoms with E-state index in [1.54, 1.807) is 22.8 Å². The molecule has 1 aliphatic rings. The first kappa shape index (κ1) is 24.3. The van der Waals surface area contributed by atoms with Crippen LogP contribution in [0.4, 0.5) is 4.39 Å². The molecule has 1 fully saturated rings. The van der Waals surface area contributed by atoms with Crippen molar-refractivity contribution in [1.29, 1.82) is 0 Å². The number of H-pyrrole nitrogens is 1. The average molecular weight is 484 g/mol. The van der Waals surface area contributed by atoms with E-state index in [0.29, 0.717) is 42.9 Å². The maximum Gasteiger partial charge on any atom is 0.262 e. The lowest BCUT2D eigenvalue weighted by atomic mass is 9.74. The molecule has 1 saturated heterocycles. The number of fused-ring (bicyclic) bond motifs is 1. The molecule has 4 rings (SSSR count). The molecule has 0 unspecified atom stereocenters. The molecule has 1 aromatic heterocycles. The summed E-state index contributed by atoms with van der Waals surface area (Å²) in [7, 11) is 0. The van der Waals surface area contributed by atoms with Crippen molar-refractivity contribution in [2.45, 2.75) is 50.5 Å². The molecule has 0 aliphatic carbocycles. The molecule has 34 heavy (non-hydrogen) atoms. The first-order chi connectivity index (χ1) is 16.5. The van der Waals surface area contributed by atoms with Gasteiger partial charge in [0, 0.05) is 38.1 Å². The highest BCUT2D eigenvalue weighted by Crippen LogP contribution is 2.34. The smallest absolute Gasteiger partial charge is 0.262 e. The molecule has 0 atom stereocenters. The van der Waals surface area contributed by atoms with Crippen molar-refractivity contribution in [2.75, 3.05) is 19.8 Å². The molecule has 1 amide bonds. The van der Waals surface area contributed by atoms with Gasteiger partial charge in [-0.1, -0.05) is 30.7 Å². The van der Waals surface area contributed by atoms with Gasteiger partial charge in [-0.3, -0.25) is 14.2 Å². The van der Waals surface area contributed by atoms with Crippen LogP contribution >= 0.6 is 12.2 Å². The van der Waals surface area contributed by atoms with Gasteiger partial charge in [0.25, 0.3) is 5.56 Å². The molecule has 1 aliphatic heterocycles. The number of amides is 1. The first-order valence-corrected chi connectivity index (χ1v) is 12.2. The number of hydrogen-bond donors (Lipinski definition) is 2.